The van der Waals surface area contributed by atoms with Crippen molar-refractivity contribution in [2.45, 2.75) is 51.6 Å². The molecule has 1 aliphatic rings. The second-order valence-corrected chi connectivity index (χ2v) is 7.04. The molecular formula is C18H27ClN2O. The summed E-state index contributed by atoms with van der Waals surface area (Å²) in [4.78, 5) is 14.7. The highest BCUT2D eigenvalue weighted by Gasteiger charge is 2.30. The zero-order valence-corrected chi connectivity index (χ0v) is 14.7. The molecule has 0 spiro atoms. The Hall–Kier alpha value is -1.06. The summed E-state index contributed by atoms with van der Waals surface area (Å²) in [6.45, 7) is 7.39. The van der Waals surface area contributed by atoms with Crippen molar-refractivity contribution >= 4 is 17.5 Å². The first-order chi connectivity index (χ1) is 10.4. The number of nitrogens with zero attached hydrogens (tertiary/aromatic N) is 1. The van der Waals surface area contributed by atoms with Crippen LogP contribution in [0.15, 0.2) is 24.3 Å². The molecule has 3 nitrogen and oxygen atoms in total. The van der Waals surface area contributed by atoms with Gasteiger partial charge in [-0.05, 0) is 50.9 Å². The fourth-order valence-corrected chi connectivity index (χ4v) is 3.35. The molecule has 0 saturated carbocycles. The van der Waals surface area contributed by atoms with Gasteiger partial charge in [0.05, 0.1) is 0 Å². The fourth-order valence-electron chi connectivity index (χ4n) is 3.23. The van der Waals surface area contributed by atoms with Crippen LogP contribution in [0.3, 0.4) is 0 Å². The van der Waals surface area contributed by atoms with Crippen LogP contribution in [0.1, 0.15) is 45.1 Å². The third-order valence-electron chi connectivity index (χ3n) is 5.05. The number of nitrogens with one attached hydrogen (secondary N) is 1. The third-order valence-corrected chi connectivity index (χ3v) is 5.30. The maximum atomic E-state index is 12.8. The maximum absolute atomic E-state index is 12.8. The van der Waals surface area contributed by atoms with E-state index in [1.54, 1.807) is 0 Å². The van der Waals surface area contributed by atoms with Crippen LogP contribution < -0.4 is 5.32 Å². The summed E-state index contributed by atoms with van der Waals surface area (Å²) in [5, 5.41) is 4.15. The smallest absolute Gasteiger partial charge is 0.225 e. The number of halogens is 1. The molecule has 2 rings (SSSR count). The Bertz CT molecular complexity index is 502. The van der Waals surface area contributed by atoms with Crippen LogP contribution in [-0.2, 0) is 4.79 Å². The number of carbonyl (C=O) groups is 1. The normalized spacial score (nSPS) is 24.6. The second-order valence-electron chi connectivity index (χ2n) is 6.61. The van der Waals surface area contributed by atoms with Crippen LogP contribution in [-0.4, -0.2) is 36.5 Å². The molecule has 1 heterocycles. The lowest BCUT2D eigenvalue weighted by molar-refractivity contribution is -0.137. The van der Waals surface area contributed by atoms with Crippen LogP contribution >= 0.6 is 11.6 Å². The summed E-state index contributed by atoms with van der Waals surface area (Å²) >= 11 is 5.95. The van der Waals surface area contributed by atoms with Crippen molar-refractivity contribution in [2.24, 2.45) is 5.92 Å². The standard InChI is InChI=1S/C18H27ClN2O/c1-12-11-16(9-10-20-12)18(22)21(4)14(3)13(2)15-5-7-17(19)8-6-15/h5-8,12-14,16,20H,9-11H2,1-4H3/t12-,13?,14?,16-/m0/s1. The number of likely N-dealkylation sites (N-methyl/N-ethyl adjacent to an activating group) is 1. The summed E-state index contributed by atoms with van der Waals surface area (Å²) < 4.78 is 0. The molecule has 2 unspecified atom stereocenters. The minimum Gasteiger partial charge on any atom is -0.342 e. The van der Waals surface area contributed by atoms with Gasteiger partial charge in [-0.2, -0.15) is 0 Å². The van der Waals surface area contributed by atoms with E-state index in [9.17, 15) is 4.79 Å². The van der Waals surface area contributed by atoms with Crippen LogP contribution in [0, 0.1) is 5.92 Å². The van der Waals surface area contributed by atoms with Gasteiger partial charge in [-0.1, -0.05) is 30.7 Å². The fraction of sp³-hybridized carbons (Fsp3) is 0.611. The summed E-state index contributed by atoms with van der Waals surface area (Å²) in [7, 11) is 1.94. The molecule has 1 N–H and O–H groups in total. The Kier molecular flexibility index (Phi) is 5.87. The molecule has 0 aromatic heterocycles. The van der Waals surface area contributed by atoms with E-state index in [1.165, 1.54) is 5.56 Å². The van der Waals surface area contributed by atoms with Crippen molar-refractivity contribution in [2.75, 3.05) is 13.6 Å². The second kappa shape index (κ2) is 7.47. The summed E-state index contributed by atoms with van der Waals surface area (Å²) in [6.07, 6.45) is 1.88. The van der Waals surface area contributed by atoms with Crippen LogP contribution in [0.25, 0.3) is 0 Å². The van der Waals surface area contributed by atoms with Gasteiger partial charge in [0.1, 0.15) is 0 Å². The van der Waals surface area contributed by atoms with Gasteiger partial charge in [-0.25, -0.2) is 0 Å². The van der Waals surface area contributed by atoms with Crippen molar-refractivity contribution in [1.82, 2.24) is 10.2 Å². The molecule has 22 heavy (non-hydrogen) atoms. The first-order valence-electron chi connectivity index (χ1n) is 8.15. The lowest BCUT2D eigenvalue weighted by Crippen LogP contribution is -2.46. The molecule has 4 heteroatoms. The number of hydrogen-bond acceptors (Lipinski definition) is 2. The highest BCUT2D eigenvalue weighted by atomic mass is 35.5. The average Bonchev–Trinajstić information content (AvgIpc) is 2.52. The van der Waals surface area contributed by atoms with Crippen LogP contribution in [0.5, 0.6) is 0 Å². The number of rotatable bonds is 4. The van der Waals surface area contributed by atoms with E-state index in [1.807, 2.05) is 24.1 Å². The molecule has 1 aromatic carbocycles. The van der Waals surface area contributed by atoms with Crippen molar-refractivity contribution in [3.05, 3.63) is 34.9 Å². The lowest BCUT2D eigenvalue weighted by Gasteiger charge is -2.35. The monoisotopic (exact) mass is 322 g/mol. The Morgan fingerprint density at radius 1 is 1.32 bits per heavy atom. The van der Waals surface area contributed by atoms with Gasteiger partial charge in [0.25, 0.3) is 0 Å². The van der Waals surface area contributed by atoms with Gasteiger partial charge in [-0.3, -0.25) is 4.79 Å². The Morgan fingerprint density at radius 2 is 1.95 bits per heavy atom. The number of carbonyl (C=O) groups excluding carboxylic acids is 1. The van der Waals surface area contributed by atoms with E-state index in [0.717, 1.165) is 24.4 Å². The van der Waals surface area contributed by atoms with Gasteiger partial charge < -0.3 is 10.2 Å². The predicted molar refractivity (Wildman–Crippen MR) is 92.3 cm³/mol. The minimum absolute atomic E-state index is 0.154. The first-order valence-corrected chi connectivity index (χ1v) is 8.53. The Morgan fingerprint density at radius 3 is 2.55 bits per heavy atom. The van der Waals surface area contributed by atoms with Gasteiger partial charge in [-0.15, -0.1) is 0 Å². The molecule has 1 saturated heterocycles. The largest absolute Gasteiger partial charge is 0.342 e. The van der Waals surface area contributed by atoms with E-state index in [2.05, 4.69) is 38.2 Å². The number of hydrogen-bond donors (Lipinski definition) is 1. The van der Waals surface area contributed by atoms with E-state index in [4.69, 9.17) is 11.6 Å². The molecule has 1 amide bonds. The summed E-state index contributed by atoms with van der Waals surface area (Å²) in [5.74, 6) is 0.716. The molecule has 1 fully saturated rings. The van der Waals surface area contributed by atoms with E-state index >= 15 is 0 Å². The van der Waals surface area contributed by atoms with Gasteiger partial charge >= 0.3 is 0 Å². The highest BCUT2D eigenvalue weighted by Crippen LogP contribution is 2.26. The van der Waals surface area contributed by atoms with Gasteiger partial charge in [0.2, 0.25) is 5.91 Å². The number of piperidine rings is 1. The zero-order valence-electron chi connectivity index (χ0n) is 14.0. The third kappa shape index (κ3) is 4.02. The number of benzene rings is 1. The summed E-state index contributed by atoms with van der Waals surface area (Å²) in [6, 6.07) is 8.52. The van der Waals surface area contributed by atoms with E-state index in [-0.39, 0.29) is 23.8 Å². The molecule has 122 valence electrons. The van der Waals surface area contributed by atoms with Crippen molar-refractivity contribution in [3.8, 4) is 0 Å². The molecular weight excluding hydrogens is 296 g/mol. The molecule has 0 bridgehead atoms. The van der Waals surface area contributed by atoms with E-state index < -0.39 is 0 Å². The van der Waals surface area contributed by atoms with Crippen molar-refractivity contribution in [3.63, 3.8) is 0 Å². The van der Waals surface area contributed by atoms with E-state index in [0.29, 0.717) is 6.04 Å². The first kappa shape index (κ1) is 17.3. The molecule has 1 aromatic rings. The topological polar surface area (TPSA) is 32.3 Å². The summed E-state index contributed by atoms with van der Waals surface area (Å²) in [5.41, 5.74) is 1.22. The average molecular weight is 323 g/mol. The minimum atomic E-state index is 0.154. The predicted octanol–water partition coefficient (Wildman–Crippen LogP) is 3.68. The van der Waals surface area contributed by atoms with Crippen molar-refractivity contribution in [1.29, 1.82) is 0 Å². The van der Waals surface area contributed by atoms with Gasteiger partial charge in [0.15, 0.2) is 0 Å². The van der Waals surface area contributed by atoms with Crippen LogP contribution in [0.2, 0.25) is 5.02 Å². The Balaban J connectivity index is 2.02. The zero-order chi connectivity index (χ0) is 16.3. The highest BCUT2D eigenvalue weighted by molar-refractivity contribution is 6.30. The van der Waals surface area contributed by atoms with Gasteiger partial charge in [0, 0.05) is 36.0 Å². The quantitative estimate of drug-likeness (QED) is 0.917. The maximum Gasteiger partial charge on any atom is 0.225 e. The molecule has 1 aliphatic heterocycles. The molecule has 0 radical (unpaired) electrons. The molecule has 0 aliphatic carbocycles. The van der Waals surface area contributed by atoms with Crippen molar-refractivity contribution < 1.29 is 4.79 Å². The SMILES string of the molecule is CC(c1ccc(Cl)cc1)C(C)N(C)C(=O)[C@H]1CCN[C@@H](C)C1. The number of amides is 1. The Labute approximate surface area is 139 Å². The lowest BCUT2D eigenvalue weighted by atomic mass is 9.89. The molecule has 4 atom stereocenters. The van der Waals surface area contributed by atoms with Crippen LogP contribution in [0.4, 0.5) is 0 Å².